The van der Waals surface area contributed by atoms with Gasteiger partial charge in [-0.1, -0.05) is 18.2 Å². The fraction of sp³-hybridized carbons (Fsp3) is 0.294. The third-order valence-electron chi connectivity index (χ3n) is 3.11. The number of hydrogen-bond acceptors (Lipinski definition) is 4. The van der Waals surface area contributed by atoms with E-state index >= 15 is 0 Å². The van der Waals surface area contributed by atoms with Gasteiger partial charge in [0.1, 0.15) is 23.9 Å². The molecule has 0 heterocycles. The molecule has 0 aliphatic carbocycles. The van der Waals surface area contributed by atoms with Crippen LogP contribution in [0.3, 0.4) is 0 Å². The van der Waals surface area contributed by atoms with E-state index in [0.717, 1.165) is 22.8 Å². The molecule has 1 unspecified atom stereocenters. The van der Waals surface area contributed by atoms with Crippen molar-refractivity contribution in [3.8, 4) is 17.2 Å². The molecule has 0 saturated carbocycles. The highest BCUT2D eigenvalue weighted by atomic mass is 16.5. The van der Waals surface area contributed by atoms with Gasteiger partial charge in [-0.3, -0.25) is 0 Å². The summed E-state index contributed by atoms with van der Waals surface area (Å²) >= 11 is 0. The normalized spacial score (nSPS) is 11.8. The van der Waals surface area contributed by atoms with E-state index in [1.165, 1.54) is 0 Å². The Morgan fingerprint density at radius 1 is 0.952 bits per heavy atom. The molecule has 21 heavy (non-hydrogen) atoms. The summed E-state index contributed by atoms with van der Waals surface area (Å²) in [6.07, 6.45) is 0. The Labute approximate surface area is 125 Å². The van der Waals surface area contributed by atoms with Crippen LogP contribution in [-0.2, 0) is 0 Å². The molecule has 0 radical (unpaired) electrons. The van der Waals surface area contributed by atoms with Crippen LogP contribution in [-0.4, -0.2) is 20.3 Å². The van der Waals surface area contributed by atoms with Gasteiger partial charge in [0.2, 0.25) is 0 Å². The lowest BCUT2D eigenvalue weighted by Gasteiger charge is -2.17. The Balaban J connectivity index is 1.99. The molecule has 0 bridgehead atoms. The zero-order valence-corrected chi connectivity index (χ0v) is 12.4. The average molecular weight is 287 g/mol. The quantitative estimate of drug-likeness (QED) is 0.850. The van der Waals surface area contributed by atoms with Crippen LogP contribution in [0.25, 0.3) is 0 Å². The molecule has 4 nitrogen and oxygen atoms in total. The molecule has 0 spiro atoms. The maximum absolute atomic E-state index is 6.20. The number of para-hydroxylation sites is 1. The van der Waals surface area contributed by atoms with Crippen LogP contribution in [0.5, 0.6) is 17.2 Å². The Bertz CT molecular complexity index is 554. The first-order valence-corrected chi connectivity index (χ1v) is 6.98. The smallest absolute Gasteiger partial charge is 0.124 e. The fourth-order valence-corrected chi connectivity index (χ4v) is 2.02. The van der Waals surface area contributed by atoms with Gasteiger partial charge in [-0.25, -0.2) is 0 Å². The highest BCUT2D eigenvalue weighted by molar-refractivity contribution is 5.36. The second-order valence-electron chi connectivity index (χ2n) is 4.56. The molecule has 0 aromatic heterocycles. The number of ether oxygens (including phenoxy) is 3. The Morgan fingerprint density at radius 3 is 2.29 bits per heavy atom. The van der Waals surface area contributed by atoms with Crippen molar-refractivity contribution in [3.05, 3.63) is 54.1 Å². The Morgan fingerprint density at radius 2 is 1.62 bits per heavy atom. The van der Waals surface area contributed by atoms with E-state index in [2.05, 4.69) is 0 Å². The van der Waals surface area contributed by atoms with Crippen LogP contribution >= 0.6 is 0 Å². The van der Waals surface area contributed by atoms with E-state index in [9.17, 15) is 0 Å². The van der Waals surface area contributed by atoms with Gasteiger partial charge in [-0.2, -0.15) is 0 Å². The second kappa shape index (κ2) is 7.55. The Hall–Kier alpha value is -2.20. The van der Waals surface area contributed by atoms with Crippen molar-refractivity contribution in [1.29, 1.82) is 0 Å². The highest BCUT2D eigenvalue weighted by Gasteiger charge is 2.12. The third-order valence-corrected chi connectivity index (χ3v) is 3.11. The summed E-state index contributed by atoms with van der Waals surface area (Å²) in [6.45, 7) is 2.95. The van der Waals surface area contributed by atoms with Crippen molar-refractivity contribution in [3.63, 3.8) is 0 Å². The molecule has 2 aromatic carbocycles. The predicted octanol–water partition coefficient (Wildman–Crippen LogP) is 3.17. The van der Waals surface area contributed by atoms with Crippen molar-refractivity contribution in [1.82, 2.24) is 0 Å². The molecule has 2 N–H and O–H groups in total. The highest BCUT2D eigenvalue weighted by Crippen LogP contribution is 2.25. The molecule has 112 valence electrons. The first-order chi connectivity index (χ1) is 10.2. The zero-order chi connectivity index (χ0) is 15.1. The van der Waals surface area contributed by atoms with Crippen LogP contribution in [0.2, 0.25) is 0 Å². The van der Waals surface area contributed by atoms with E-state index in [-0.39, 0.29) is 6.04 Å². The van der Waals surface area contributed by atoms with Gasteiger partial charge in [0.15, 0.2) is 0 Å². The van der Waals surface area contributed by atoms with E-state index in [1.54, 1.807) is 7.11 Å². The Kier molecular flexibility index (Phi) is 5.46. The number of nitrogens with two attached hydrogens (primary N) is 1. The van der Waals surface area contributed by atoms with Crippen LogP contribution in [0.15, 0.2) is 48.5 Å². The lowest BCUT2D eigenvalue weighted by molar-refractivity contribution is 0.281. The lowest BCUT2D eigenvalue weighted by Crippen LogP contribution is -2.20. The van der Waals surface area contributed by atoms with Crippen LogP contribution < -0.4 is 19.9 Å². The van der Waals surface area contributed by atoms with Gasteiger partial charge in [0.25, 0.3) is 0 Å². The topological polar surface area (TPSA) is 53.7 Å². The van der Waals surface area contributed by atoms with E-state index in [4.69, 9.17) is 19.9 Å². The first kappa shape index (κ1) is 15.2. The molecule has 4 heteroatoms. The molecule has 0 saturated heterocycles. The zero-order valence-electron chi connectivity index (χ0n) is 12.4. The van der Waals surface area contributed by atoms with Gasteiger partial charge < -0.3 is 19.9 Å². The molecule has 0 fully saturated rings. The summed E-state index contributed by atoms with van der Waals surface area (Å²) < 4.78 is 16.4. The van der Waals surface area contributed by atoms with Crippen molar-refractivity contribution < 1.29 is 14.2 Å². The third kappa shape index (κ3) is 4.13. The monoisotopic (exact) mass is 287 g/mol. The van der Waals surface area contributed by atoms with Gasteiger partial charge in [-0.15, -0.1) is 0 Å². The van der Waals surface area contributed by atoms with Crippen molar-refractivity contribution in [2.75, 3.05) is 20.3 Å². The van der Waals surface area contributed by atoms with Crippen molar-refractivity contribution >= 4 is 0 Å². The van der Waals surface area contributed by atoms with Gasteiger partial charge >= 0.3 is 0 Å². The second-order valence-corrected chi connectivity index (χ2v) is 4.56. The molecule has 2 aromatic rings. The summed E-state index contributed by atoms with van der Waals surface area (Å²) in [7, 11) is 1.64. The summed E-state index contributed by atoms with van der Waals surface area (Å²) in [5, 5.41) is 0. The average Bonchev–Trinajstić information content (AvgIpc) is 2.54. The SMILES string of the molecule is CCOc1ccccc1C(N)COc1ccc(OC)cc1. The summed E-state index contributed by atoms with van der Waals surface area (Å²) in [4.78, 5) is 0. The molecular formula is C17H21NO3. The van der Waals surface area contributed by atoms with Gasteiger partial charge in [-0.05, 0) is 37.3 Å². The van der Waals surface area contributed by atoms with E-state index in [1.807, 2.05) is 55.5 Å². The molecular weight excluding hydrogens is 266 g/mol. The number of hydrogen-bond donors (Lipinski definition) is 1. The molecule has 0 aliphatic rings. The number of rotatable bonds is 7. The van der Waals surface area contributed by atoms with Gasteiger partial charge in [0.05, 0.1) is 19.8 Å². The van der Waals surface area contributed by atoms with E-state index < -0.39 is 0 Å². The summed E-state index contributed by atoms with van der Waals surface area (Å²) in [5.74, 6) is 2.37. The largest absolute Gasteiger partial charge is 0.497 e. The first-order valence-electron chi connectivity index (χ1n) is 6.98. The maximum atomic E-state index is 6.20. The minimum atomic E-state index is -0.241. The molecule has 1 atom stereocenters. The van der Waals surface area contributed by atoms with Crippen LogP contribution in [0, 0.1) is 0 Å². The lowest BCUT2D eigenvalue weighted by atomic mass is 10.1. The molecule has 2 rings (SSSR count). The fourth-order valence-electron chi connectivity index (χ4n) is 2.02. The van der Waals surface area contributed by atoms with E-state index in [0.29, 0.717) is 13.2 Å². The van der Waals surface area contributed by atoms with Crippen LogP contribution in [0.1, 0.15) is 18.5 Å². The predicted molar refractivity (Wildman–Crippen MR) is 83.0 cm³/mol. The standard InChI is InChI=1S/C17H21NO3/c1-3-20-17-7-5-4-6-15(17)16(18)12-21-14-10-8-13(19-2)9-11-14/h4-11,16H,3,12,18H2,1-2H3. The van der Waals surface area contributed by atoms with Gasteiger partial charge in [0, 0.05) is 5.56 Å². The van der Waals surface area contributed by atoms with Crippen molar-refractivity contribution in [2.24, 2.45) is 5.73 Å². The molecule has 0 amide bonds. The summed E-state index contributed by atoms with van der Waals surface area (Å²) in [6, 6.07) is 15.0. The van der Waals surface area contributed by atoms with Crippen molar-refractivity contribution in [2.45, 2.75) is 13.0 Å². The number of methoxy groups -OCH3 is 1. The minimum Gasteiger partial charge on any atom is -0.497 e. The number of benzene rings is 2. The van der Waals surface area contributed by atoms with Crippen LogP contribution in [0.4, 0.5) is 0 Å². The molecule has 0 aliphatic heterocycles. The minimum absolute atomic E-state index is 0.241. The summed E-state index contributed by atoms with van der Waals surface area (Å²) in [5.41, 5.74) is 7.15. The maximum Gasteiger partial charge on any atom is 0.124 e.